The highest BCUT2D eigenvalue weighted by molar-refractivity contribution is 5.89. The summed E-state index contributed by atoms with van der Waals surface area (Å²) in [5, 5.41) is 9.49. The number of carboxylic acid groups (broad SMARTS) is 1. The van der Waals surface area contributed by atoms with Crippen molar-refractivity contribution in [1.29, 1.82) is 0 Å². The van der Waals surface area contributed by atoms with Crippen LogP contribution in [-0.2, 0) is 19.1 Å². The number of carbonyl (C=O) groups excluding carboxylic acids is 3. The smallest absolute Gasteiger partial charge is 0.338 e. The number of nitrogens with two attached hydrogens (primary N) is 1. The first-order valence-electron chi connectivity index (χ1n) is 9.83. The van der Waals surface area contributed by atoms with Gasteiger partial charge in [-0.2, -0.15) is 0 Å². The maximum atomic E-state index is 12.3. The van der Waals surface area contributed by atoms with Gasteiger partial charge in [-0.3, -0.25) is 14.4 Å². The molecule has 2 rings (SSSR count). The lowest BCUT2D eigenvalue weighted by Crippen LogP contribution is -2.38. The summed E-state index contributed by atoms with van der Waals surface area (Å²) in [5.41, 5.74) is 6.69. The third-order valence-electron chi connectivity index (χ3n) is 4.53. The first kappa shape index (κ1) is 24.5. The molecule has 0 aliphatic heterocycles. The van der Waals surface area contributed by atoms with Crippen LogP contribution in [0, 0.1) is 0 Å². The Kier molecular flexibility index (Phi) is 8.48. The van der Waals surface area contributed by atoms with Crippen molar-refractivity contribution in [1.82, 2.24) is 0 Å². The van der Waals surface area contributed by atoms with Gasteiger partial charge in [0.15, 0.2) is 11.5 Å². The largest absolute Gasteiger partial charge is 0.480 e. The highest BCUT2D eigenvalue weighted by atomic mass is 16.6. The van der Waals surface area contributed by atoms with Gasteiger partial charge in [0.05, 0.1) is 5.56 Å². The zero-order chi connectivity index (χ0) is 23.8. The minimum Gasteiger partial charge on any atom is -0.480 e. The van der Waals surface area contributed by atoms with Gasteiger partial charge in [0.2, 0.25) is 0 Å². The summed E-state index contributed by atoms with van der Waals surface area (Å²) in [6.45, 7) is 4.00. The highest BCUT2D eigenvalue weighted by Gasteiger charge is 2.30. The molecule has 170 valence electrons. The number of ether oxygens (including phenoxy) is 3. The third kappa shape index (κ3) is 6.92. The molecule has 0 aliphatic rings. The standard InChI is InChI=1S/C23H25NO8/c1-13(30-23(29)16-7-5-4-6-8-16)11-18(21(24)22(27)28)17-9-10-19(31-14(2)25)20(12-17)32-15(3)26/h4-10,12-13,18,21H,11,24H2,1-3H3,(H,27,28)/t13?,18?,21-/m0/s1. The molecule has 0 radical (unpaired) electrons. The molecular formula is C23H25NO8. The first-order valence-corrected chi connectivity index (χ1v) is 9.83. The Balaban J connectivity index is 2.31. The van der Waals surface area contributed by atoms with E-state index in [9.17, 15) is 24.3 Å². The zero-order valence-corrected chi connectivity index (χ0v) is 17.9. The molecular weight excluding hydrogens is 418 g/mol. The van der Waals surface area contributed by atoms with E-state index in [2.05, 4.69) is 0 Å². The van der Waals surface area contributed by atoms with E-state index in [-0.39, 0.29) is 17.9 Å². The lowest BCUT2D eigenvalue weighted by molar-refractivity contribution is -0.139. The number of carbonyl (C=O) groups is 4. The van der Waals surface area contributed by atoms with Gasteiger partial charge in [-0.15, -0.1) is 0 Å². The number of aliphatic carboxylic acids is 1. The van der Waals surface area contributed by atoms with Crippen molar-refractivity contribution in [3.05, 3.63) is 59.7 Å². The molecule has 0 fully saturated rings. The zero-order valence-electron chi connectivity index (χ0n) is 17.9. The number of esters is 3. The second-order valence-corrected chi connectivity index (χ2v) is 7.18. The van der Waals surface area contributed by atoms with E-state index in [0.717, 1.165) is 0 Å². The van der Waals surface area contributed by atoms with E-state index in [1.54, 1.807) is 37.3 Å². The van der Waals surface area contributed by atoms with Crippen LogP contribution in [0.4, 0.5) is 0 Å². The maximum absolute atomic E-state index is 12.3. The van der Waals surface area contributed by atoms with Crippen LogP contribution >= 0.6 is 0 Å². The quantitative estimate of drug-likeness (QED) is 0.442. The molecule has 0 saturated carbocycles. The Morgan fingerprint density at radius 1 is 0.938 bits per heavy atom. The van der Waals surface area contributed by atoms with E-state index in [1.807, 2.05) is 0 Å². The summed E-state index contributed by atoms with van der Waals surface area (Å²) in [7, 11) is 0. The van der Waals surface area contributed by atoms with Crippen LogP contribution in [-0.4, -0.2) is 41.1 Å². The van der Waals surface area contributed by atoms with Gasteiger partial charge in [-0.05, 0) is 43.2 Å². The van der Waals surface area contributed by atoms with Crippen LogP contribution in [0.1, 0.15) is 49.0 Å². The Morgan fingerprint density at radius 2 is 1.53 bits per heavy atom. The van der Waals surface area contributed by atoms with Crippen LogP contribution in [0.5, 0.6) is 11.5 Å². The molecule has 0 bridgehead atoms. The van der Waals surface area contributed by atoms with Crippen LogP contribution in [0.2, 0.25) is 0 Å². The van der Waals surface area contributed by atoms with Crippen molar-refractivity contribution < 1.29 is 38.5 Å². The van der Waals surface area contributed by atoms with Crippen LogP contribution in [0.3, 0.4) is 0 Å². The molecule has 0 aromatic heterocycles. The van der Waals surface area contributed by atoms with Gasteiger partial charge in [0.25, 0.3) is 0 Å². The summed E-state index contributed by atoms with van der Waals surface area (Å²) in [4.78, 5) is 46.7. The van der Waals surface area contributed by atoms with E-state index in [4.69, 9.17) is 19.9 Å². The fourth-order valence-corrected chi connectivity index (χ4v) is 3.12. The molecule has 32 heavy (non-hydrogen) atoms. The van der Waals surface area contributed by atoms with E-state index in [0.29, 0.717) is 11.1 Å². The summed E-state index contributed by atoms with van der Waals surface area (Å²) < 4.78 is 15.6. The number of hydrogen-bond donors (Lipinski definition) is 2. The van der Waals surface area contributed by atoms with Crippen molar-refractivity contribution in [3.8, 4) is 11.5 Å². The molecule has 2 aromatic carbocycles. The second kappa shape index (κ2) is 11.1. The van der Waals surface area contributed by atoms with Gasteiger partial charge in [-0.1, -0.05) is 24.3 Å². The van der Waals surface area contributed by atoms with E-state index in [1.165, 1.54) is 32.0 Å². The fraction of sp³-hybridized carbons (Fsp3) is 0.304. The number of benzene rings is 2. The Hall–Kier alpha value is -3.72. The maximum Gasteiger partial charge on any atom is 0.338 e. The van der Waals surface area contributed by atoms with Crippen LogP contribution in [0.25, 0.3) is 0 Å². The van der Waals surface area contributed by atoms with Crippen LogP contribution in [0.15, 0.2) is 48.5 Å². The minimum absolute atomic E-state index is 0.00245. The lowest BCUT2D eigenvalue weighted by Gasteiger charge is -2.25. The van der Waals surface area contributed by atoms with E-state index >= 15 is 0 Å². The molecule has 2 unspecified atom stereocenters. The monoisotopic (exact) mass is 443 g/mol. The molecule has 3 atom stereocenters. The molecule has 9 heteroatoms. The van der Waals surface area contributed by atoms with Crippen molar-refractivity contribution in [2.75, 3.05) is 0 Å². The molecule has 0 saturated heterocycles. The molecule has 0 amide bonds. The second-order valence-electron chi connectivity index (χ2n) is 7.18. The van der Waals surface area contributed by atoms with Crippen molar-refractivity contribution >= 4 is 23.9 Å². The number of carboxylic acids is 1. The van der Waals surface area contributed by atoms with Gasteiger partial charge in [0, 0.05) is 19.8 Å². The van der Waals surface area contributed by atoms with Gasteiger partial charge < -0.3 is 25.1 Å². The minimum atomic E-state index is -1.34. The molecule has 0 spiro atoms. The van der Waals surface area contributed by atoms with Gasteiger partial charge in [0.1, 0.15) is 12.1 Å². The predicted molar refractivity (Wildman–Crippen MR) is 113 cm³/mol. The summed E-state index contributed by atoms with van der Waals surface area (Å²) in [5.74, 6) is -3.93. The Labute approximate surface area is 185 Å². The highest BCUT2D eigenvalue weighted by Crippen LogP contribution is 2.34. The Bertz CT molecular complexity index is 989. The topological polar surface area (TPSA) is 142 Å². The first-order chi connectivity index (χ1) is 15.1. The summed E-state index contributed by atoms with van der Waals surface area (Å²) in [6.07, 6.45) is -0.596. The summed E-state index contributed by atoms with van der Waals surface area (Å²) in [6, 6.07) is 11.3. The molecule has 0 heterocycles. The third-order valence-corrected chi connectivity index (χ3v) is 4.53. The molecule has 0 aliphatic carbocycles. The number of hydrogen-bond acceptors (Lipinski definition) is 8. The summed E-state index contributed by atoms with van der Waals surface area (Å²) >= 11 is 0. The normalized spacial score (nSPS) is 13.4. The van der Waals surface area contributed by atoms with E-state index < -0.39 is 41.9 Å². The van der Waals surface area contributed by atoms with Crippen molar-refractivity contribution in [2.24, 2.45) is 5.73 Å². The van der Waals surface area contributed by atoms with Gasteiger partial charge >= 0.3 is 23.9 Å². The predicted octanol–water partition coefficient (Wildman–Crippen LogP) is 2.67. The fourth-order valence-electron chi connectivity index (χ4n) is 3.12. The number of rotatable bonds is 9. The van der Waals surface area contributed by atoms with Crippen LogP contribution < -0.4 is 15.2 Å². The SMILES string of the molecule is CC(=O)Oc1ccc(C(CC(C)OC(=O)c2ccccc2)[C@H](N)C(=O)O)cc1OC(C)=O. The van der Waals surface area contributed by atoms with Gasteiger partial charge in [-0.25, -0.2) is 4.79 Å². The molecule has 9 nitrogen and oxygen atoms in total. The Morgan fingerprint density at radius 3 is 2.09 bits per heavy atom. The average molecular weight is 443 g/mol. The van der Waals surface area contributed by atoms with Crippen molar-refractivity contribution in [2.45, 2.75) is 45.3 Å². The average Bonchev–Trinajstić information content (AvgIpc) is 2.72. The molecule has 2 aromatic rings. The lowest BCUT2D eigenvalue weighted by atomic mass is 9.87. The molecule has 3 N–H and O–H groups in total. The van der Waals surface area contributed by atoms with Crippen molar-refractivity contribution in [3.63, 3.8) is 0 Å².